The van der Waals surface area contributed by atoms with Crippen molar-refractivity contribution in [1.29, 1.82) is 0 Å². The molecule has 0 atom stereocenters. The van der Waals surface area contributed by atoms with Crippen LogP contribution in [0.5, 0.6) is 11.5 Å². The van der Waals surface area contributed by atoms with Crippen molar-refractivity contribution in [1.82, 2.24) is 0 Å². The lowest BCUT2D eigenvalue weighted by molar-refractivity contribution is 0.110. The van der Waals surface area contributed by atoms with Gasteiger partial charge in [-0.3, -0.25) is 0 Å². The fourth-order valence-electron chi connectivity index (χ4n) is 7.51. The maximum absolute atomic E-state index is 6.11. The van der Waals surface area contributed by atoms with Gasteiger partial charge in [0, 0.05) is 13.2 Å². The first-order valence-electron chi connectivity index (χ1n) is 18.7. The molecule has 1 aliphatic rings. The summed E-state index contributed by atoms with van der Waals surface area (Å²) in [5.41, 5.74) is 10.2. The van der Waals surface area contributed by atoms with Crippen molar-refractivity contribution in [2.24, 2.45) is 0 Å². The van der Waals surface area contributed by atoms with Crippen LogP contribution < -0.4 is 9.47 Å². The van der Waals surface area contributed by atoms with Gasteiger partial charge in [0.2, 0.25) is 0 Å². The van der Waals surface area contributed by atoms with Crippen molar-refractivity contribution >= 4 is 0 Å². The molecule has 0 saturated heterocycles. The summed E-state index contributed by atoms with van der Waals surface area (Å²) in [4.78, 5) is 0. The summed E-state index contributed by atoms with van der Waals surface area (Å²) in [5, 5.41) is 0. The zero-order chi connectivity index (χ0) is 35.1. The monoisotopic (exact) mass is 662 g/mol. The highest BCUT2D eigenvalue weighted by Gasteiger charge is 2.47. The molecule has 0 radical (unpaired) electrons. The molecule has 4 nitrogen and oxygen atoms in total. The van der Waals surface area contributed by atoms with E-state index >= 15 is 0 Å². The largest absolute Gasteiger partial charge is 0.491 e. The molecule has 4 heteroatoms. The Morgan fingerprint density at radius 1 is 0.469 bits per heavy atom. The van der Waals surface area contributed by atoms with Crippen molar-refractivity contribution in [3.8, 4) is 22.6 Å². The molecule has 0 spiro atoms. The Balaban J connectivity index is 1.77. The van der Waals surface area contributed by atoms with Gasteiger partial charge >= 0.3 is 0 Å². The molecule has 262 valence electrons. The first kappa shape index (κ1) is 36.7. The second-order valence-electron chi connectivity index (χ2n) is 13.9. The molecule has 0 heterocycles. The maximum Gasteiger partial charge on any atom is 0.119 e. The quantitative estimate of drug-likeness (QED) is 0.0875. The van der Waals surface area contributed by atoms with Crippen LogP contribution in [0.25, 0.3) is 11.1 Å². The lowest BCUT2D eigenvalue weighted by Crippen LogP contribution is -2.30. The van der Waals surface area contributed by atoms with E-state index in [0.717, 1.165) is 37.2 Å². The third-order valence-corrected chi connectivity index (χ3v) is 11.6. The van der Waals surface area contributed by atoms with E-state index in [9.17, 15) is 0 Å². The fourth-order valence-corrected chi connectivity index (χ4v) is 7.51. The van der Waals surface area contributed by atoms with Gasteiger partial charge in [0.25, 0.3) is 0 Å². The number of hydrogen-bond acceptors (Lipinski definition) is 4. The Hall–Kier alpha value is -3.60. The third-order valence-electron chi connectivity index (χ3n) is 11.6. The summed E-state index contributed by atoms with van der Waals surface area (Å²) in [6, 6.07) is 32.2. The highest BCUT2D eigenvalue weighted by molar-refractivity contribution is 5.87. The smallest absolute Gasteiger partial charge is 0.119 e. The minimum atomic E-state index is -0.533. The van der Waals surface area contributed by atoms with Crippen molar-refractivity contribution < 1.29 is 18.9 Å². The van der Waals surface area contributed by atoms with Gasteiger partial charge in [0.15, 0.2) is 0 Å². The van der Waals surface area contributed by atoms with Crippen LogP contribution in [-0.4, -0.2) is 39.6 Å². The molecule has 0 aliphatic heterocycles. The van der Waals surface area contributed by atoms with E-state index in [4.69, 9.17) is 18.9 Å². The van der Waals surface area contributed by atoms with Crippen LogP contribution in [0, 0.1) is 0 Å². The first-order chi connectivity index (χ1) is 23.7. The van der Waals surface area contributed by atoms with Crippen LogP contribution in [-0.2, 0) is 25.7 Å². The topological polar surface area (TPSA) is 36.9 Å². The molecule has 0 aromatic heterocycles. The molecule has 0 N–H and O–H groups in total. The van der Waals surface area contributed by atoms with Crippen LogP contribution in [0.2, 0.25) is 0 Å². The lowest BCUT2D eigenvalue weighted by atomic mass is 9.65. The van der Waals surface area contributed by atoms with Gasteiger partial charge in [0.05, 0.1) is 18.6 Å². The fraction of sp³-hybridized carbons (Fsp3) is 0.467. The van der Waals surface area contributed by atoms with Gasteiger partial charge in [-0.15, -0.1) is 0 Å². The number of rotatable bonds is 18. The number of benzene rings is 4. The number of fused-ring (bicyclic) bond motifs is 3. The predicted molar refractivity (Wildman–Crippen MR) is 204 cm³/mol. The molecule has 4 aromatic rings. The number of ether oxygens (including phenoxy) is 4. The Morgan fingerprint density at radius 2 is 0.837 bits per heavy atom. The summed E-state index contributed by atoms with van der Waals surface area (Å²) < 4.78 is 23.3. The van der Waals surface area contributed by atoms with Crippen molar-refractivity contribution in [2.75, 3.05) is 39.6 Å². The average Bonchev–Trinajstić information content (AvgIpc) is 3.44. The summed E-state index contributed by atoms with van der Waals surface area (Å²) in [5.74, 6) is 1.71. The standard InChI is InChI=1S/C45H58O4/c1-9-43(7,10-2)35-19-25-39-40-26-20-36(44(8,11-3)12-4)32-42(40)45(41(39)31-35,33-15-21-37(22-16-33)48-29-27-46-13-5)34-17-23-38(24-18-34)49-30-28-47-14-6/h15-26,31-32H,9-14,27-30H2,1-8H3. The van der Waals surface area contributed by atoms with E-state index in [1.54, 1.807) is 0 Å². The SMILES string of the molecule is CCOCCOc1ccc(C2(c3ccc(OCCOCC)cc3)c3cc(C(C)(CC)CC)ccc3-c3ccc(C(C)(CC)CC)cc32)cc1. The van der Waals surface area contributed by atoms with Crippen LogP contribution in [0.4, 0.5) is 0 Å². The van der Waals surface area contributed by atoms with Crippen LogP contribution in [0.15, 0.2) is 84.9 Å². The molecule has 0 saturated carbocycles. The molecular weight excluding hydrogens is 604 g/mol. The average molecular weight is 663 g/mol. The predicted octanol–water partition coefficient (Wildman–Crippen LogP) is 11.0. The van der Waals surface area contributed by atoms with Crippen molar-refractivity contribution in [2.45, 2.75) is 97.3 Å². The van der Waals surface area contributed by atoms with E-state index in [1.165, 1.54) is 44.5 Å². The van der Waals surface area contributed by atoms with E-state index in [0.29, 0.717) is 39.6 Å². The molecular formula is C45H58O4. The first-order valence-corrected chi connectivity index (χ1v) is 18.7. The van der Waals surface area contributed by atoms with Gasteiger partial charge in [-0.1, -0.05) is 102 Å². The second kappa shape index (κ2) is 16.0. The summed E-state index contributed by atoms with van der Waals surface area (Å²) >= 11 is 0. The van der Waals surface area contributed by atoms with Gasteiger partial charge in [0.1, 0.15) is 24.7 Å². The van der Waals surface area contributed by atoms with Gasteiger partial charge in [-0.25, -0.2) is 0 Å². The van der Waals surface area contributed by atoms with Gasteiger partial charge in [-0.2, -0.15) is 0 Å². The number of hydrogen-bond donors (Lipinski definition) is 0. The lowest BCUT2D eigenvalue weighted by Gasteiger charge is -2.36. The van der Waals surface area contributed by atoms with Crippen LogP contribution in [0.3, 0.4) is 0 Å². The minimum absolute atomic E-state index is 0.0835. The van der Waals surface area contributed by atoms with Crippen molar-refractivity contribution in [3.63, 3.8) is 0 Å². The van der Waals surface area contributed by atoms with Gasteiger partial charge in [-0.05, 0) is 119 Å². The summed E-state index contributed by atoms with van der Waals surface area (Å²) in [7, 11) is 0. The van der Waals surface area contributed by atoms with E-state index in [-0.39, 0.29) is 10.8 Å². The summed E-state index contributed by atoms with van der Waals surface area (Å²) in [6.07, 6.45) is 4.33. The highest BCUT2D eigenvalue weighted by Crippen LogP contribution is 2.58. The van der Waals surface area contributed by atoms with E-state index in [2.05, 4.69) is 126 Å². The van der Waals surface area contributed by atoms with Crippen LogP contribution >= 0.6 is 0 Å². The molecule has 0 fully saturated rings. The maximum atomic E-state index is 6.11. The normalized spacial score (nSPS) is 13.6. The van der Waals surface area contributed by atoms with Crippen LogP contribution in [0.1, 0.15) is 114 Å². The Morgan fingerprint density at radius 3 is 1.16 bits per heavy atom. The Labute approximate surface area is 296 Å². The third kappa shape index (κ3) is 7.05. The molecule has 4 aromatic carbocycles. The Bertz CT molecular complexity index is 1520. The zero-order valence-corrected chi connectivity index (χ0v) is 31.3. The van der Waals surface area contributed by atoms with E-state index in [1.807, 2.05) is 13.8 Å². The minimum Gasteiger partial charge on any atom is -0.491 e. The zero-order valence-electron chi connectivity index (χ0n) is 31.3. The van der Waals surface area contributed by atoms with E-state index < -0.39 is 5.41 Å². The molecule has 49 heavy (non-hydrogen) atoms. The molecule has 5 rings (SSSR count). The highest BCUT2D eigenvalue weighted by atomic mass is 16.5. The van der Waals surface area contributed by atoms with Crippen molar-refractivity contribution in [3.05, 3.63) is 118 Å². The molecule has 0 bridgehead atoms. The second-order valence-corrected chi connectivity index (χ2v) is 13.9. The summed E-state index contributed by atoms with van der Waals surface area (Å²) in [6.45, 7) is 21.7. The molecule has 1 aliphatic carbocycles. The Kier molecular flexibility index (Phi) is 11.9. The molecule has 0 unspecified atom stereocenters. The van der Waals surface area contributed by atoms with Gasteiger partial charge < -0.3 is 18.9 Å². The molecule has 0 amide bonds.